The Balaban J connectivity index is 2.06. The number of hydrogen-bond acceptors (Lipinski definition) is 3. The van der Waals surface area contributed by atoms with Crippen LogP contribution in [0, 0.1) is 5.92 Å². The van der Waals surface area contributed by atoms with Crippen molar-refractivity contribution in [2.45, 2.75) is 50.0 Å². The summed E-state index contributed by atoms with van der Waals surface area (Å²) in [6.45, 7) is 2.28. The van der Waals surface area contributed by atoms with Gasteiger partial charge in [0.1, 0.15) is 0 Å². The van der Waals surface area contributed by atoms with Crippen LogP contribution in [0.1, 0.15) is 39.0 Å². The third kappa shape index (κ3) is 3.94. The molecular formula is C14H22N2O2S. The van der Waals surface area contributed by atoms with Crippen LogP contribution in [0.4, 0.5) is 5.69 Å². The topological polar surface area (TPSA) is 72.2 Å². The lowest BCUT2D eigenvalue weighted by Gasteiger charge is -2.24. The number of hydrogen-bond donors (Lipinski definition) is 2. The minimum absolute atomic E-state index is 0.159. The van der Waals surface area contributed by atoms with Gasteiger partial charge in [0, 0.05) is 11.7 Å². The Kier molecular flexibility index (Phi) is 4.47. The monoisotopic (exact) mass is 282 g/mol. The van der Waals surface area contributed by atoms with Gasteiger partial charge in [0.15, 0.2) is 0 Å². The van der Waals surface area contributed by atoms with Crippen molar-refractivity contribution in [3.05, 3.63) is 24.3 Å². The number of primary sulfonamides is 1. The Morgan fingerprint density at radius 3 is 2.37 bits per heavy atom. The van der Waals surface area contributed by atoms with E-state index >= 15 is 0 Å². The molecule has 0 radical (unpaired) electrons. The summed E-state index contributed by atoms with van der Waals surface area (Å²) in [5.74, 6) is 0.653. The Morgan fingerprint density at radius 2 is 1.74 bits per heavy atom. The predicted octanol–water partition coefficient (Wildman–Crippen LogP) is 2.71. The second-order valence-electron chi connectivity index (χ2n) is 5.44. The number of anilines is 1. The standard InChI is InChI=1S/C14H22N2O2S/c1-11-5-3-2-4-6-14(11)16-12-7-9-13(10-8-12)19(15,17)18/h7-11,14,16H,2-6H2,1H3,(H2,15,17,18). The minimum atomic E-state index is -3.60. The summed E-state index contributed by atoms with van der Waals surface area (Å²) in [4.78, 5) is 0.159. The van der Waals surface area contributed by atoms with Gasteiger partial charge in [-0.2, -0.15) is 0 Å². The highest BCUT2D eigenvalue weighted by molar-refractivity contribution is 7.89. The molecule has 1 fully saturated rings. The van der Waals surface area contributed by atoms with Crippen molar-refractivity contribution >= 4 is 15.7 Å². The molecule has 5 heteroatoms. The van der Waals surface area contributed by atoms with Crippen LogP contribution in [-0.2, 0) is 10.0 Å². The fourth-order valence-corrected chi connectivity index (χ4v) is 3.18. The molecule has 0 spiro atoms. The molecular weight excluding hydrogens is 260 g/mol. The molecule has 1 aromatic rings. The van der Waals surface area contributed by atoms with Crippen LogP contribution in [0.5, 0.6) is 0 Å². The molecule has 0 aromatic heterocycles. The quantitative estimate of drug-likeness (QED) is 0.837. The second kappa shape index (κ2) is 5.92. The molecule has 1 aliphatic rings. The van der Waals surface area contributed by atoms with Gasteiger partial charge >= 0.3 is 0 Å². The molecule has 0 aliphatic heterocycles. The molecule has 1 aromatic carbocycles. The van der Waals surface area contributed by atoms with Gasteiger partial charge in [-0.3, -0.25) is 0 Å². The van der Waals surface area contributed by atoms with Crippen LogP contribution >= 0.6 is 0 Å². The van der Waals surface area contributed by atoms with E-state index in [-0.39, 0.29) is 4.90 Å². The normalized spacial score (nSPS) is 24.7. The van der Waals surface area contributed by atoms with Crippen LogP contribution in [0.25, 0.3) is 0 Å². The van der Waals surface area contributed by atoms with E-state index in [0.29, 0.717) is 12.0 Å². The van der Waals surface area contributed by atoms with Crippen LogP contribution in [0.2, 0.25) is 0 Å². The average Bonchev–Trinajstić information content (AvgIpc) is 2.55. The summed E-state index contributed by atoms with van der Waals surface area (Å²) in [5.41, 5.74) is 0.964. The van der Waals surface area contributed by atoms with Crippen molar-refractivity contribution in [2.24, 2.45) is 11.1 Å². The minimum Gasteiger partial charge on any atom is -0.382 e. The van der Waals surface area contributed by atoms with Gasteiger partial charge in [-0.25, -0.2) is 13.6 Å². The van der Waals surface area contributed by atoms with Gasteiger partial charge in [0.2, 0.25) is 10.0 Å². The van der Waals surface area contributed by atoms with Gasteiger partial charge in [-0.1, -0.05) is 26.2 Å². The molecule has 3 N–H and O–H groups in total. The maximum Gasteiger partial charge on any atom is 0.238 e. The van der Waals surface area contributed by atoms with Gasteiger partial charge < -0.3 is 5.32 Å². The summed E-state index contributed by atoms with van der Waals surface area (Å²) in [6, 6.07) is 7.16. The Bertz CT molecular complexity index is 511. The van der Waals surface area contributed by atoms with E-state index < -0.39 is 10.0 Å². The van der Waals surface area contributed by atoms with Gasteiger partial charge in [0.25, 0.3) is 0 Å². The largest absolute Gasteiger partial charge is 0.382 e. The lowest BCUT2D eigenvalue weighted by molar-refractivity contribution is 0.456. The zero-order chi connectivity index (χ0) is 13.9. The number of nitrogens with two attached hydrogens (primary N) is 1. The van der Waals surface area contributed by atoms with Crippen LogP contribution in [-0.4, -0.2) is 14.5 Å². The first-order valence-electron chi connectivity index (χ1n) is 6.86. The molecule has 0 bridgehead atoms. The summed E-state index contributed by atoms with van der Waals surface area (Å²) in [7, 11) is -3.60. The van der Waals surface area contributed by atoms with Crippen molar-refractivity contribution in [1.29, 1.82) is 0 Å². The highest BCUT2D eigenvalue weighted by atomic mass is 32.2. The highest BCUT2D eigenvalue weighted by Crippen LogP contribution is 2.26. The molecule has 1 aliphatic carbocycles. The van der Waals surface area contributed by atoms with E-state index in [4.69, 9.17) is 5.14 Å². The van der Waals surface area contributed by atoms with Gasteiger partial charge in [-0.15, -0.1) is 0 Å². The molecule has 19 heavy (non-hydrogen) atoms. The van der Waals surface area contributed by atoms with E-state index in [1.807, 2.05) is 0 Å². The van der Waals surface area contributed by atoms with Crippen molar-refractivity contribution in [3.8, 4) is 0 Å². The molecule has 1 saturated carbocycles. The molecule has 2 unspecified atom stereocenters. The first kappa shape index (κ1) is 14.3. The first-order valence-corrected chi connectivity index (χ1v) is 8.41. The SMILES string of the molecule is CC1CCCCCC1Nc1ccc(S(N)(=O)=O)cc1. The zero-order valence-corrected chi connectivity index (χ0v) is 12.1. The summed E-state index contributed by atoms with van der Waals surface area (Å²) >= 11 is 0. The third-order valence-electron chi connectivity index (χ3n) is 3.90. The van der Waals surface area contributed by atoms with E-state index in [1.54, 1.807) is 24.3 Å². The fourth-order valence-electron chi connectivity index (χ4n) is 2.66. The zero-order valence-electron chi connectivity index (χ0n) is 11.3. The molecule has 0 amide bonds. The lowest BCUT2D eigenvalue weighted by Crippen LogP contribution is -2.26. The number of benzene rings is 1. The van der Waals surface area contributed by atoms with Crippen molar-refractivity contribution < 1.29 is 8.42 Å². The van der Waals surface area contributed by atoms with E-state index in [2.05, 4.69) is 12.2 Å². The molecule has 2 rings (SSSR count). The Morgan fingerprint density at radius 1 is 1.11 bits per heavy atom. The summed E-state index contributed by atoms with van der Waals surface area (Å²) in [5, 5.41) is 8.60. The maximum atomic E-state index is 11.2. The highest BCUT2D eigenvalue weighted by Gasteiger charge is 2.19. The van der Waals surface area contributed by atoms with Gasteiger partial charge in [0.05, 0.1) is 4.90 Å². The van der Waals surface area contributed by atoms with Crippen LogP contribution in [0.15, 0.2) is 29.2 Å². The van der Waals surface area contributed by atoms with E-state index in [9.17, 15) is 8.42 Å². The molecule has 0 saturated heterocycles. The summed E-state index contributed by atoms with van der Waals surface area (Å²) in [6.07, 6.45) is 6.32. The second-order valence-corrected chi connectivity index (χ2v) is 7.00. The number of sulfonamides is 1. The van der Waals surface area contributed by atoms with Crippen molar-refractivity contribution in [1.82, 2.24) is 0 Å². The Hall–Kier alpha value is -1.07. The average molecular weight is 282 g/mol. The van der Waals surface area contributed by atoms with Crippen LogP contribution < -0.4 is 10.5 Å². The van der Waals surface area contributed by atoms with Crippen molar-refractivity contribution in [3.63, 3.8) is 0 Å². The first-order chi connectivity index (χ1) is 8.97. The Labute approximate surface area is 115 Å². The van der Waals surface area contributed by atoms with Crippen LogP contribution in [0.3, 0.4) is 0 Å². The molecule has 4 nitrogen and oxygen atoms in total. The maximum absolute atomic E-state index is 11.2. The lowest BCUT2D eigenvalue weighted by atomic mass is 9.97. The van der Waals surface area contributed by atoms with E-state index in [1.165, 1.54) is 32.1 Å². The summed E-state index contributed by atoms with van der Waals surface area (Å²) < 4.78 is 22.4. The van der Waals surface area contributed by atoms with Crippen molar-refractivity contribution in [2.75, 3.05) is 5.32 Å². The van der Waals surface area contributed by atoms with E-state index in [0.717, 1.165) is 5.69 Å². The fraction of sp³-hybridized carbons (Fsp3) is 0.571. The predicted molar refractivity (Wildman–Crippen MR) is 77.5 cm³/mol. The number of nitrogens with one attached hydrogen (secondary N) is 1. The molecule has 2 atom stereocenters. The smallest absolute Gasteiger partial charge is 0.238 e. The molecule has 0 heterocycles. The van der Waals surface area contributed by atoms with Gasteiger partial charge in [-0.05, 0) is 43.0 Å². The number of rotatable bonds is 3. The third-order valence-corrected chi connectivity index (χ3v) is 4.83. The molecule has 106 valence electrons.